The van der Waals surface area contributed by atoms with Crippen molar-refractivity contribution >= 4 is 11.8 Å². The third-order valence-electron chi connectivity index (χ3n) is 4.48. The first-order valence-electron chi connectivity index (χ1n) is 8.52. The summed E-state index contributed by atoms with van der Waals surface area (Å²) in [6.45, 7) is 0. The van der Waals surface area contributed by atoms with Gasteiger partial charge in [0.05, 0.1) is 0 Å². The van der Waals surface area contributed by atoms with Crippen molar-refractivity contribution in [3.8, 4) is 11.1 Å². The van der Waals surface area contributed by atoms with E-state index >= 15 is 0 Å². The van der Waals surface area contributed by atoms with Gasteiger partial charge in [-0.1, -0.05) is 48.5 Å². The fourth-order valence-corrected chi connectivity index (χ4v) is 3.09. The van der Waals surface area contributed by atoms with E-state index in [9.17, 15) is 14.0 Å². The molecule has 0 aliphatic heterocycles. The molecule has 5 heteroatoms. The molecule has 0 spiro atoms. The number of hydrogen-bond donors (Lipinski definition) is 2. The average molecular weight is 362 g/mol. The number of carbonyl (C=O) groups excluding carboxylic acids is 2. The highest BCUT2D eigenvalue weighted by Crippen LogP contribution is 2.28. The number of hydrogen-bond acceptors (Lipinski definition) is 2. The molecule has 27 heavy (non-hydrogen) atoms. The molecular formula is C22H19FN2O2. The molecule has 3 rings (SSSR count). The normalized spacial score (nSPS) is 10.6. The van der Waals surface area contributed by atoms with Crippen LogP contribution in [0.15, 0.2) is 66.7 Å². The summed E-state index contributed by atoms with van der Waals surface area (Å²) in [5, 5.41) is 0. The smallest absolute Gasteiger partial charge is 0.249 e. The van der Waals surface area contributed by atoms with Gasteiger partial charge in [0.15, 0.2) is 0 Å². The molecule has 0 atom stereocenters. The fourth-order valence-electron chi connectivity index (χ4n) is 3.09. The Morgan fingerprint density at radius 1 is 0.741 bits per heavy atom. The van der Waals surface area contributed by atoms with Gasteiger partial charge in [0.25, 0.3) is 0 Å². The number of benzene rings is 3. The van der Waals surface area contributed by atoms with Crippen molar-refractivity contribution in [2.24, 2.45) is 11.5 Å². The predicted octanol–water partition coefficient (Wildman–Crippen LogP) is 3.48. The summed E-state index contributed by atoms with van der Waals surface area (Å²) in [4.78, 5) is 23.5. The molecule has 3 aromatic carbocycles. The van der Waals surface area contributed by atoms with Crippen molar-refractivity contribution in [1.82, 2.24) is 0 Å². The van der Waals surface area contributed by atoms with Crippen LogP contribution in [0.2, 0.25) is 0 Å². The zero-order chi connectivity index (χ0) is 19.4. The van der Waals surface area contributed by atoms with Gasteiger partial charge in [-0.05, 0) is 47.7 Å². The van der Waals surface area contributed by atoms with E-state index in [1.165, 1.54) is 6.07 Å². The largest absolute Gasteiger partial charge is 0.366 e. The minimum Gasteiger partial charge on any atom is -0.366 e. The maximum Gasteiger partial charge on any atom is 0.249 e. The van der Waals surface area contributed by atoms with Crippen LogP contribution in [-0.4, -0.2) is 11.8 Å². The molecule has 4 N–H and O–H groups in total. The van der Waals surface area contributed by atoms with Crippen molar-refractivity contribution in [3.05, 3.63) is 94.8 Å². The monoisotopic (exact) mass is 362 g/mol. The quantitative estimate of drug-likeness (QED) is 0.703. The fraction of sp³-hybridized carbons (Fsp3) is 0.0909. The van der Waals surface area contributed by atoms with Gasteiger partial charge in [-0.2, -0.15) is 0 Å². The molecule has 0 heterocycles. The second-order valence-electron chi connectivity index (χ2n) is 6.24. The average Bonchev–Trinajstić information content (AvgIpc) is 2.67. The van der Waals surface area contributed by atoms with Crippen molar-refractivity contribution in [2.45, 2.75) is 12.8 Å². The Hall–Kier alpha value is -3.47. The van der Waals surface area contributed by atoms with Crippen molar-refractivity contribution in [3.63, 3.8) is 0 Å². The number of rotatable bonds is 6. The van der Waals surface area contributed by atoms with Gasteiger partial charge in [0, 0.05) is 16.7 Å². The second-order valence-corrected chi connectivity index (χ2v) is 6.24. The lowest BCUT2D eigenvalue weighted by molar-refractivity contribution is 0.0999. The molecule has 0 saturated heterocycles. The molecule has 0 unspecified atom stereocenters. The SMILES string of the molecule is NC(=O)c1cccc(C(N)=O)c1-c1ccc(CCc2ccccc2F)cc1. The zero-order valence-corrected chi connectivity index (χ0v) is 14.6. The molecular weight excluding hydrogens is 343 g/mol. The van der Waals surface area contributed by atoms with E-state index in [0.29, 0.717) is 29.5 Å². The number of carbonyl (C=O) groups is 2. The van der Waals surface area contributed by atoms with E-state index in [2.05, 4.69) is 0 Å². The molecule has 0 aliphatic rings. The first kappa shape index (κ1) is 18.3. The first-order valence-corrected chi connectivity index (χ1v) is 8.52. The summed E-state index contributed by atoms with van der Waals surface area (Å²) < 4.78 is 13.7. The van der Waals surface area contributed by atoms with Crippen LogP contribution in [0.3, 0.4) is 0 Å². The molecule has 0 aliphatic carbocycles. The Morgan fingerprint density at radius 2 is 1.33 bits per heavy atom. The number of halogens is 1. The summed E-state index contributed by atoms with van der Waals surface area (Å²) in [6.07, 6.45) is 1.25. The summed E-state index contributed by atoms with van der Waals surface area (Å²) in [5.41, 5.74) is 14.2. The van der Waals surface area contributed by atoms with Gasteiger partial charge in [-0.3, -0.25) is 9.59 Å². The van der Waals surface area contributed by atoms with E-state index in [1.807, 2.05) is 30.3 Å². The maximum absolute atomic E-state index is 13.7. The lowest BCUT2D eigenvalue weighted by Crippen LogP contribution is -2.18. The van der Waals surface area contributed by atoms with E-state index in [-0.39, 0.29) is 16.9 Å². The van der Waals surface area contributed by atoms with Crippen LogP contribution in [0.1, 0.15) is 31.8 Å². The lowest BCUT2D eigenvalue weighted by Gasteiger charge is -2.12. The number of nitrogens with two attached hydrogens (primary N) is 2. The Kier molecular flexibility index (Phi) is 5.31. The first-order chi connectivity index (χ1) is 13.0. The Balaban J connectivity index is 1.89. The molecule has 0 fully saturated rings. The van der Waals surface area contributed by atoms with E-state index < -0.39 is 11.8 Å². The summed E-state index contributed by atoms with van der Waals surface area (Å²) in [7, 11) is 0. The van der Waals surface area contributed by atoms with Crippen molar-refractivity contribution in [2.75, 3.05) is 0 Å². The molecule has 4 nitrogen and oxygen atoms in total. The molecule has 0 bridgehead atoms. The van der Waals surface area contributed by atoms with E-state index in [0.717, 1.165) is 5.56 Å². The minimum absolute atomic E-state index is 0.212. The Bertz CT molecular complexity index is 965. The van der Waals surface area contributed by atoms with Gasteiger partial charge < -0.3 is 11.5 Å². The molecule has 136 valence electrons. The third kappa shape index (κ3) is 4.03. The summed E-state index contributed by atoms with van der Waals surface area (Å²) >= 11 is 0. The minimum atomic E-state index is -0.628. The topological polar surface area (TPSA) is 86.2 Å². The van der Waals surface area contributed by atoms with Crippen LogP contribution in [0, 0.1) is 5.82 Å². The predicted molar refractivity (Wildman–Crippen MR) is 103 cm³/mol. The summed E-state index contributed by atoms with van der Waals surface area (Å²) in [5.74, 6) is -1.47. The highest BCUT2D eigenvalue weighted by molar-refractivity contribution is 6.08. The second kappa shape index (κ2) is 7.83. The van der Waals surface area contributed by atoms with Gasteiger partial charge in [0.1, 0.15) is 5.82 Å². The van der Waals surface area contributed by atoms with E-state index in [4.69, 9.17) is 11.5 Å². The zero-order valence-electron chi connectivity index (χ0n) is 14.6. The Labute approximate surface area is 156 Å². The number of aryl methyl sites for hydroxylation is 2. The number of primary amides is 2. The van der Waals surface area contributed by atoms with Crippen LogP contribution >= 0.6 is 0 Å². The van der Waals surface area contributed by atoms with Crippen molar-refractivity contribution in [1.29, 1.82) is 0 Å². The molecule has 2 amide bonds. The van der Waals surface area contributed by atoms with Crippen LogP contribution in [0.25, 0.3) is 11.1 Å². The van der Waals surface area contributed by atoms with Gasteiger partial charge in [-0.25, -0.2) is 4.39 Å². The van der Waals surface area contributed by atoms with Gasteiger partial charge >= 0.3 is 0 Å². The van der Waals surface area contributed by atoms with Crippen LogP contribution in [-0.2, 0) is 12.8 Å². The molecule has 0 radical (unpaired) electrons. The van der Waals surface area contributed by atoms with Crippen LogP contribution in [0.5, 0.6) is 0 Å². The van der Waals surface area contributed by atoms with Crippen LogP contribution in [0.4, 0.5) is 4.39 Å². The third-order valence-corrected chi connectivity index (χ3v) is 4.48. The van der Waals surface area contributed by atoms with Gasteiger partial charge in [-0.15, -0.1) is 0 Å². The standard InChI is InChI=1S/C22H19FN2O2/c23-19-7-2-1-4-15(19)11-8-14-9-12-16(13-10-14)20-17(21(24)26)5-3-6-18(20)22(25)27/h1-7,9-10,12-13H,8,11H2,(H2,24,26)(H2,25,27). The molecule has 3 aromatic rings. The maximum atomic E-state index is 13.7. The van der Waals surface area contributed by atoms with Gasteiger partial charge in [0.2, 0.25) is 11.8 Å². The lowest BCUT2D eigenvalue weighted by atomic mass is 9.92. The molecule has 0 saturated carbocycles. The highest BCUT2D eigenvalue weighted by atomic mass is 19.1. The number of amides is 2. The summed E-state index contributed by atoms with van der Waals surface area (Å²) in [6, 6.07) is 18.8. The van der Waals surface area contributed by atoms with Crippen LogP contribution < -0.4 is 11.5 Å². The van der Waals surface area contributed by atoms with E-state index in [1.54, 1.807) is 30.3 Å². The Morgan fingerprint density at radius 3 is 1.89 bits per heavy atom. The highest BCUT2D eigenvalue weighted by Gasteiger charge is 2.17. The van der Waals surface area contributed by atoms with Crippen molar-refractivity contribution < 1.29 is 14.0 Å². The molecule has 0 aromatic heterocycles.